The monoisotopic (exact) mass is 1060 g/mol. The molecule has 0 saturated heterocycles. The van der Waals surface area contributed by atoms with E-state index in [2.05, 4.69) is 237 Å². The number of rotatable bonds is 8. The lowest BCUT2D eigenvalue weighted by molar-refractivity contribution is 1.40. The lowest BCUT2D eigenvalue weighted by Crippen LogP contribution is -1.94. The van der Waals surface area contributed by atoms with Crippen LogP contribution in [0.1, 0.15) is 37.2 Å². The Morgan fingerprint density at radius 3 is 0.571 bits per heavy atom. The van der Waals surface area contributed by atoms with E-state index in [4.69, 9.17) is 0 Å². The maximum absolute atomic E-state index is 3.64. The van der Waals surface area contributed by atoms with Gasteiger partial charge in [0.05, 0.1) is 14.9 Å². The molecule has 0 amide bonds. The predicted molar refractivity (Wildman–Crippen MR) is 211 cm³/mol. The third kappa shape index (κ3) is 7.83. The maximum atomic E-state index is 3.64. The number of halogens is 8. The Kier molecular flexibility index (Phi) is 11.9. The summed E-state index contributed by atoms with van der Waals surface area (Å²) in [5, 5.41) is 0. The summed E-state index contributed by atoms with van der Waals surface area (Å²) in [4.78, 5) is 0. The smallest absolute Gasteiger partial charge is 0.0712 e. The molecule has 0 aliphatic heterocycles. The van der Waals surface area contributed by atoms with Gasteiger partial charge in [0.1, 0.15) is 0 Å². The minimum absolute atomic E-state index is 0.110. The Labute approximate surface area is 314 Å². The van der Waals surface area contributed by atoms with Crippen LogP contribution >= 0.6 is 127 Å². The van der Waals surface area contributed by atoms with Crippen molar-refractivity contribution in [3.05, 3.63) is 131 Å². The summed E-state index contributed by atoms with van der Waals surface area (Å²) in [5.74, 6) is 0. The minimum atomic E-state index is 0.110. The Morgan fingerprint density at radius 2 is 0.429 bits per heavy atom. The highest BCUT2D eigenvalue weighted by Gasteiger charge is 2.18. The van der Waals surface area contributed by atoms with Gasteiger partial charge >= 0.3 is 0 Å². The van der Waals surface area contributed by atoms with Crippen molar-refractivity contribution >= 4 is 127 Å². The molecule has 0 saturated carbocycles. The van der Waals surface area contributed by atoms with E-state index in [0.29, 0.717) is 0 Å². The average Bonchev–Trinajstić information content (AvgIpc) is 3.00. The first-order valence-electron chi connectivity index (χ1n) is 12.8. The first kappa shape index (κ1) is 33.3. The summed E-state index contributed by atoms with van der Waals surface area (Å²) in [7, 11) is 0. The van der Waals surface area contributed by atoms with Gasteiger partial charge in [-0.1, -0.05) is 225 Å². The number of alkyl halides is 8. The van der Waals surface area contributed by atoms with Crippen LogP contribution in [0.15, 0.2) is 109 Å². The van der Waals surface area contributed by atoms with Gasteiger partial charge in [0.2, 0.25) is 0 Å². The molecule has 0 aliphatic carbocycles. The summed E-state index contributed by atoms with van der Waals surface area (Å²) in [6.45, 7) is 0. The summed E-state index contributed by atoms with van der Waals surface area (Å²) < 4.78 is 0.438. The highest BCUT2D eigenvalue weighted by Crippen LogP contribution is 2.44. The normalized spacial score (nSPS) is 11.7. The molecule has 0 spiro atoms. The molecule has 0 aliphatic rings. The van der Waals surface area contributed by atoms with Crippen molar-refractivity contribution < 1.29 is 0 Å². The molecule has 5 aromatic rings. The van der Waals surface area contributed by atoms with Crippen molar-refractivity contribution in [2.75, 3.05) is 0 Å². The van der Waals surface area contributed by atoms with Gasteiger partial charge in [-0.05, 0) is 78.9 Å². The molecule has 0 aromatic heterocycles. The summed E-state index contributed by atoms with van der Waals surface area (Å²) in [6, 6.07) is 39.7. The van der Waals surface area contributed by atoms with Crippen molar-refractivity contribution in [1.29, 1.82) is 0 Å². The lowest BCUT2D eigenvalue weighted by atomic mass is 9.85. The van der Waals surface area contributed by atoms with E-state index < -0.39 is 0 Å². The first-order valence-corrected chi connectivity index (χ1v) is 20.2. The molecule has 0 atom stereocenters. The lowest BCUT2D eigenvalue weighted by Gasteiger charge is -2.19. The molecule has 0 bridgehead atoms. The standard InChI is InChI=1S/C34H22Br8/c35-31(36)23-9-1-19(2-10-23)27-17-29(21-5-13-25(14-6-21)33(39)40)30(22-7-15-26(16-8-22)34(41)42)18-28(27)20-3-11-24(12-4-20)32(37)38/h1-18,31-34H. The second-order valence-electron chi connectivity index (χ2n) is 9.63. The zero-order chi connectivity index (χ0) is 30.0. The largest absolute Gasteiger partial charge is 0.0946 e. The molecule has 0 N–H and O–H groups in total. The van der Waals surface area contributed by atoms with E-state index in [1.54, 1.807) is 0 Å². The third-order valence-corrected chi connectivity index (χ3v) is 11.3. The van der Waals surface area contributed by atoms with Gasteiger partial charge in [0.25, 0.3) is 0 Å². The zero-order valence-electron chi connectivity index (χ0n) is 21.7. The zero-order valence-corrected chi connectivity index (χ0v) is 34.4. The molecule has 0 unspecified atom stereocenters. The van der Waals surface area contributed by atoms with Crippen molar-refractivity contribution in [1.82, 2.24) is 0 Å². The fourth-order valence-electron chi connectivity index (χ4n) is 4.79. The molecule has 42 heavy (non-hydrogen) atoms. The molecular weight excluding hydrogens is 1050 g/mol. The summed E-state index contributed by atoms with van der Waals surface area (Å²) in [5.41, 5.74) is 14.1. The van der Waals surface area contributed by atoms with Crippen LogP contribution in [0.3, 0.4) is 0 Å². The van der Waals surface area contributed by atoms with E-state index >= 15 is 0 Å². The third-order valence-electron chi connectivity index (χ3n) is 7.05. The minimum Gasteiger partial charge on any atom is -0.0712 e. The molecule has 0 heterocycles. The molecule has 0 fully saturated rings. The Morgan fingerprint density at radius 1 is 0.262 bits per heavy atom. The van der Waals surface area contributed by atoms with Gasteiger partial charge in [-0.2, -0.15) is 0 Å². The van der Waals surface area contributed by atoms with Crippen molar-refractivity contribution in [2.24, 2.45) is 0 Å². The second-order valence-corrected chi connectivity index (χ2v) is 21.9. The van der Waals surface area contributed by atoms with Crippen molar-refractivity contribution in [3.8, 4) is 44.5 Å². The predicted octanol–water partition coefficient (Wildman–Crippen LogP) is 15.5. The van der Waals surface area contributed by atoms with Crippen LogP contribution in [0.25, 0.3) is 44.5 Å². The second kappa shape index (κ2) is 15.0. The van der Waals surface area contributed by atoms with Crippen molar-refractivity contribution in [2.45, 2.75) is 14.9 Å². The SMILES string of the molecule is BrC(Br)c1ccc(-c2cc(-c3ccc(C(Br)Br)cc3)c(-c3ccc(C(Br)Br)cc3)cc2-c2ccc(C(Br)Br)cc2)cc1. The van der Waals surface area contributed by atoms with Gasteiger partial charge in [-0.25, -0.2) is 0 Å². The highest BCUT2D eigenvalue weighted by molar-refractivity contribution is 9.25. The van der Waals surface area contributed by atoms with Gasteiger partial charge in [0, 0.05) is 0 Å². The van der Waals surface area contributed by atoms with E-state index in [1.807, 2.05) is 0 Å². The molecule has 0 nitrogen and oxygen atoms in total. The van der Waals surface area contributed by atoms with E-state index in [9.17, 15) is 0 Å². The van der Waals surface area contributed by atoms with Crippen LogP contribution in [-0.4, -0.2) is 0 Å². The topological polar surface area (TPSA) is 0 Å². The van der Waals surface area contributed by atoms with Crippen LogP contribution in [0.2, 0.25) is 0 Å². The molecule has 8 heteroatoms. The molecule has 5 rings (SSSR count). The molecule has 0 radical (unpaired) electrons. The highest BCUT2D eigenvalue weighted by atomic mass is 79.9. The molecule has 214 valence electrons. The Bertz CT molecular complexity index is 1390. The van der Waals surface area contributed by atoms with Gasteiger partial charge < -0.3 is 0 Å². The fraction of sp³-hybridized carbons (Fsp3) is 0.118. The molecular formula is C34H22Br8. The van der Waals surface area contributed by atoms with Gasteiger partial charge in [0.15, 0.2) is 0 Å². The van der Waals surface area contributed by atoms with E-state index in [0.717, 1.165) is 0 Å². The van der Waals surface area contributed by atoms with Crippen LogP contribution in [0.4, 0.5) is 0 Å². The number of benzene rings is 5. The van der Waals surface area contributed by atoms with E-state index in [-0.39, 0.29) is 14.9 Å². The van der Waals surface area contributed by atoms with Gasteiger partial charge in [-0.15, -0.1) is 0 Å². The van der Waals surface area contributed by atoms with Crippen LogP contribution in [0.5, 0.6) is 0 Å². The first-order chi connectivity index (χ1) is 20.1. The van der Waals surface area contributed by atoms with Crippen molar-refractivity contribution in [3.63, 3.8) is 0 Å². The van der Waals surface area contributed by atoms with Gasteiger partial charge in [-0.3, -0.25) is 0 Å². The average molecular weight is 1070 g/mol. The Balaban J connectivity index is 1.78. The van der Waals surface area contributed by atoms with E-state index in [1.165, 1.54) is 66.8 Å². The quantitative estimate of drug-likeness (QED) is 0.136. The molecule has 5 aromatic carbocycles. The number of hydrogen-bond donors (Lipinski definition) is 0. The number of hydrogen-bond acceptors (Lipinski definition) is 0. The fourth-order valence-corrected chi connectivity index (χ4v) is 7.23. The van der Waals surface area contributed by atoms with Crippen LogP contribution in [0, 0.1) is 0 Å². The summed E-state index contributed by atoms with van der Waals surface area (Å²) >= 11 is 29.1. The Hall–Kier alpha value is -0.0600. The maximum Gasteiger partial charge on any atom is 0.0946 e. The van der Waals surface area contributed by atoms with Crippen LogP contribution < -0.4 is 0 Å². The summed E-state index contributed by atoms with van der Waals surface area (Å²) in [6.07, 6.45) is 0. The van der Waals surface area contributed by atoms with Crippen LogP contribution in [-0.2, 0) is 0 Å².